The molecule has 1 saturated heterocycles. The molecular formula is C17H25ClN2O. The van der Waals surface area contributed by atoms with Gasteiger partial charge in [0, 0.05) is 18.5 Å². The fourth-order valence-electron chi connectivity index (χ4n) is 3.88. The average Bonchev–Trinajstić information content (AvgIpc) is 3.06. The van der Waals surface area contributed by atoms with E-state index in [0.717, 1.165) is 38.6 Å². The lowest BCUT2D eigenvalue weighted by atomic mass is 9.92. The van der Waals surface area contributed by atoms with Gasteiger partial charge in [0.15, 0.2) is 0 Å². The number of hydrogen-bond acceptors (Lipinski definition) is 2. The van der Waals surface area contributed by atoms with Gasteiger partial charge in [-0.05, 0) is 31.7 Å². The van der Waals surface area contributed by atoms with Crippen molar-refractivity contribution in [1.82, 2.24) is 4.90 Å². The average molecular weight is 309 g/mol. The lowest BCUT2D eigenvalue weighted by molar-refractivity contribution is -0.137. The number of carbonyl (C=O) groups excluding carboxylic acids is 1. The van der Waals surface area contributed by atoms with E-state index in [2.05, 4.69) is 31.2 Å². The van der Waals surface area contributed by atoms with Crippen molar-refractivity contribution in [3.63, 3.8) is 0 Å². The monoisotopic (exact) mass is 308 g/mol. The first-order valence-electron chi connectivity index (χ1n) is 7.77. The van der Waals surface area contributed by atoms with Gasteiger partial charge in [-0.2, -0.15) is 0 Å². The normalized spacial score (nSPS) is 27.4. The molecule has 0 bridgehead atoms. The molecule has 2 fully saturated rings. The Kier molecular flexibility index (Phi) is 4.95. The molecule has 0 spiro atoms. The first kappa shape index (κ1) is 16.3. The van der Waals surface area contributed by atoms with Crippen molar-refractivity contribution in [3.8, 4) is 0 Å². The number of nitrogens with two attached hydrogens (primary N) is 1. The minimum Gasteiger partial charge on any atom is -0.338 e. The Morgan fingerprint density at radius 3 is 2.48 bits per heavy atom. The van der Waals surface area contributed by atoms with Crippen LogP contribution in [0.1, 0.15) is 50.5 Å². The predicted molar refractivity (Wildman–Crippen MR) is 87.6 cm³/mol. The van der Waals surface area contributed by atoms with Crippen LogP contribution in [0.25, 0.3) is 0 Å². The van der Waals surface area contributed by atoms with Crippen molar-refractivity contribution < 1.29 is 4.79 Å². The maximum Gasteiger partial charge on any atom is 0.242 e. The number of halogens is 1. The fourth-order valence-corrected chi connectivity index (χ4v) is 3.88. The van der Waals surface area contributed by atoms with Crippen LogP contribution in [0.3, 0.4) is 0 Å². The molecule has 1 aliphatic carbocycles. The lowest BCUT2D eigenvalue weighted by Gasteiger charge is -2.32. The molecule has 1 amide bonds. The summed E-state index contributed by atoms with van der Waals surface area (Å²) in [5.74, 6) is 0.631. The number of likely N-dealkylation sites (tertiary alicyclic amines) is 1. The van der Waals surface area contributed by atoms with Gasteiger partial charge in [-0.25, -0.2) is 0 Å². The predicted octanol–water partition coefficient (Wildman–Crippen LogP) is 3.08. The Hall–Kier alpha value is -1.06. The van der Waals surface area contributed by atoms with Crippen LogP contribution in [0.2, 0.25) is 0 Å². The van der Waals surface area contributed by atoms with Gasteiger partial charge in [-0.1, -0.05) is 43.2 Å². The SMILES string of the molecule is CC1C(c2ccccc2)CCN1C(=O)C1(N)CCCC1.Cl. The van der Waals surface area contributed by atoms with E-state index in [1.165, 1.54) is 5.56 Å². The Morgan fingerprint density at radius 2 is 1.86 bits per heavy atom. The van der Waals surface area contributed by atoms with E-state index in [9.17, 15) is 4.79 Å². The molecule has 1 heterocycles. The number of benzene rings is 1. The fraction of sp³-hybridized carbons (Fsp3) is 0.588. The van der Waals surface area contributed by atoms with Crippen LogP contribution in [0.4, 0.5) is 0 Å². The summed E-state index contributed by atoms with van der Waals surface area (Å²) < 4.78 is 0. The van der Waals surface area contributed by atoms with E-state index in [1.54, 1.807) is 0 Å². The maximum absolute atomic E-state index is 12.8. The molecule has 3 rings (SSSR count). The number of hydrogen-bond donors (Lipinski definition) is 1. The molecule has 2 N–H and O–H groups in total. The number of nitrogens with zero attached hydrogens (tertiary/aromatic N) is 1. The van der Waals surface area contributed by atoms with Crippen LogP contribution >= 0.6 is 12.4 Å². The van der Waals surface area contributed by atoms with E-state index in [1.807, 2.05) is 11.0 Å². The highest BCUT2D eigenvalue weighted by atomic mass is 35.5. The summed E-state index contributed by atoms with van der Waals surface area (Å²) in [6, 6.07) is 10.8. The van der Waals surface area contributed by atoms with Crippen LogP contribution in [0.5, 0.6) is 0 Å². The van der Waals surface area contributed by atoms with Crippen molar-refractivity contribution in [2.24, 2.45) is 5.73 Å². The Morgan fingerprint density at radius 1 is 1.24 bits per heavy atom. The van der Waals surface area contributed by atoms with Crippen molar-refractivity contribution >= 4 is 18.3 Å². The van der Waals surface area contributed by atoms with Crippen LogP contribution in [-0.4, -0.2) is 28.9 Å². The highest BCUT2D eigenvalue weighted by Crippen LogP contribution is 2.37. The van der Waals surface area contributed by atoms with E-state index in [-0.39, 0.29) is 24.4 Å². The number of amides is 1. The molecule has 2 unspecified atom stereocenters. The number of carbonyl (C=O) groups is 1. The second-order valence-electron chi connectivity index (χ2n) is 6.41. The molecule has 1 aliphatic heterocycles. The number of rotatable bonds is 2. The summed E-state index contributed by atoms with van der Waals surface area (Å²) in [5, 5.41) is 0. The third-order valence-corrected chi connectivity index (χ3v) is 5.17. The zero-order valence-electron chi connectivity index (χ0n) is 12.6. The molecule has 3 nitrogen and oxygen atoms in total. The quantitative estimate of drug-likeness (QED) is 0.912. The van der Waals surface area contributed by atoms with E-state index < -0.39 is 5.54 Å². The topological polar surface area (TPSA) is 46.3 Å². The van der Waals surface area contributed by atoms with Crippen LogP contribution in [-0.2, 0) is 4.79 Å². The smallest absolute Gasteiger partial charge is 0.242 e. The van der Waals surface area contributed by atoms with Crippen molar-refractivity contribution in [3.05, 3.63) is 35.9 Å². The first-order chi connectivity index (χ1) is 9.62. The molecule has 2 atom stereocenters. The van der Waals surface area contributed by atoms with Gasteiger partial charge in [0.25, 0.3) is 0 Å². The molecule has 0 aromatic heterocycles. The summed E-state index contributed by atoms with van der Waals surface area (Å²) in [6.07, 6.45) is 4.93. The third-order valence-electron chi connectivity index (χ3n) is 5.17. The minimum atomic E-state index is -0.583. The van der Waals surface area contributed by atoms with E-state index in [4.69, 9.17) is 5.73 Å². The molecule has 2 aliphatic rings. The summed E-state index contributed by atoms with van der Waals surface area (Å²) >= 11 is 0. The van der Waals surface area contributed by atoms with Crippen molar-refractivity contribution in [1.29, 1.82) is 0 Å². The maximum atomic E-state index is 12.8. The molecule has 4 heteroatoms. The molecule has 21 heavy (non-hydrogen) atoms. The van der Waals surface area contributed by atoms with Crippen LogP contribution < -0.4 is 5.73 Å². The lowest BCUT2D eigenvalue weighted by Crippen LogP contribution is -2.54. The Balaban J connectivity index is 0.00000161. The Bertz CT molecular complexity index is 485. The summed E-state index contributed by atoms with van der Waals surface area (Å²) in [6.45, 7) is 3.01. The van der Waals surface area contributed by atoms with Crippen molar-refractivity contribution in [2.75, 3.05) is 6.54 Å². The summed E-state index contributed by atoms with van der Waals surface area (Å²) in [5.41, 5.74) is 7.09. The van der Waals surface area contributed by atoms with E-state index in [0.29, 0.717) is 5.92 Å². The van der Waals surface area contributed by atoms with Crippen LogP contribution in [0.15, 0.2) is 30.3 Å². The summed E-state index contributed by atoms with van der Waals surface area (Å²) in [7, 11) is 0. The third kappa shape index (κ3) is 2.95. The standard InChI is InChI=1S/C17H24N2O.ClH/c1-13-15(14-7-3-2-4-8-14)9-12-19(13)16(20)17(18)10-5-6-11-17;/h2-4,7-8,13,15H,5-6,9-12,18H2,1H3;1H. The summed E-state index contributed by atoms with van der Waals surface area (Å²) in [4.78, 5) is 14.8. The molecular weight excluding hydrogens is 284 g/mol. The van der Waals surface area contributed by atoms with Gasteiger partial charge in [0.2, 0.25) is 5.91 Å². The van der Waals surface area contributed by atoms with Gasteiger partial charge in [0.05, 0.1) is 5.54 Å². The second-order valence-corrected chi connectivity index (χ2v) is 6.41. The largest absolute Gasteiger partial charge is 0.338 e. The zero-order valence-corrected chi connectivity index (χ0v) is 13.4. The van der Waals surface area contributed by atoms with Gasteiger partial charge >= 0.3 is 0 Å². The van der Waals surface area contributed by atoms with E-state index >= 15 is 0 Å². The minimum absolute atomic E-state index is 0. The van der Waals surface area contributed by atoms with Gasteiger partial charge in [-0.15, -0.1) is 12.4 Å². The first-order valence-corrected chi connectivity index (χ1v) is 7.77. The molecule has 1 aromatic rings. The highest BCUT2D eigenvalue weighted by molar-refractivity contribution is 5.87. The van der Waals surface area contributed by atoms with Gasteiger partial charge < -0.3 is 10.6 Å². The highest BCUT2D eigenvalue weighted by Gasteiger charge is 2.44. The molecule has 116 valence electrons. The van der Waals surface area contributed by atoms with Gasteiger partial charge in [0.1, 0.15) is 0 Å². The Labute approximate surface area is 133 Å². The molecule has 1 aromatic carbocycles. The molecule has 0 radical (unpaired) electrons. The van der Waals surface area contributed by atoms with Crippen LogP contribution in [0, 0.1) is 0 Å². The zero-order chi connectivity index (χ0) is 14.2. The van der Waals surface area contributed by atoms with Crippen molar-refractivity contribution in [2.45, 2.75) is 56.5 Å². The second kappa shape index (κ2) is 6.37. The van der Waals surface area contributed by atoms with Gasteiger partial charge in [-0.3, -0.25) is 4.79 Å². The molecule has 1 saturated carbocycles.